The Kier molecular flexibility index (Phi) is 11.4. The van der Waals surface area contributed by atoms with Gasteiger partial charge in [0.15, 0.2) is 11.6 Å². The summed E-state index contributed by atoms with van der Waals surface area (Å²) in [5, 5.41) is 0.497. The van der Waals surface area contributed by atoms with Gasteiger partial charge in [-0.05, 0) is 62.9 Å². The highest BCUT2D eigenvalue weighted by atomic mass is 35.5. The molecule has 4 aromatic rings. The highest BCUT2D eigenvalue weighted by Gasteiger charge is 2.36. The van der Waals surface area contributed by atoms with Gasteiger partial charge in [-0.25, -0.2) is 31.3 Å². The van der Waals surface area contributed by atoms with Gasteiger partial charge in [-0.3, -0.25) is 0 Å². The molecule has 11 nitrogen and oxygen atoms in total. The second-order valence-electron chi connectivity index (χ2n) is 12.6. The summed E-state index contributed by atoms with van der Waals surface area (Å²) in [6, 6.07) is 13.4. The van der Waals surface area contributed by atoms with Crippen LogP contribution in [0.4, 0.5) is 18.7 Å². The highest BCUT2D eigenvalue weighted by molar-refractivity contribution is 7.93. The van der Waals surface area contributed by atoms with Crippen molar-refractivity contribution in [2.75, 3.05) is 38.2 Å². The van der Waals surface area contributed by atoms with Gasteiger partial charge >= 0.3 is 6.09 Å². The lowest BCUT2D eigenvalue weighted by molar-refractivity contribution is 0.0110. The molecule has 1 amide bonds. The summed E-state index contributed by atoms with van der Waals surface area (Å²) in [6.07, 6.45) is 1.23. The van der Waals surface area contributed by atoms with Gasteiger partial charge in [0.05, 0.1) is 27.4 Å². The Balaban J connectivity index is 1.41. The lowest BCUT2D eigenvalue weighted by Crippen LogP contribution is -2.46. The molecule has 3 aromatic carbocycles. The van der Waals surface area contributed by atoms with E-state index in [1.54, 1.807) is 56.0 Å². The monoisotopic (exact) mass is 750 g/mol. The third kappa shape index (κ3) is 8.56. The smallest absolute Gasteiger partial charge is 0.410 e. The predicted molar refractivity (Wildman–Crippen MR) is 185 cm³/mol. The molecule has 0 N–H and O–H groups in total. The summed E-state index contributed by atoms with van der Waals surface area (Å²) >= 11 is 6.88. The Labute approximate surface area is 298 Å². The van der Waals surface area contributed by atoms with Crippen molar-refractivity contribution in [3.05, 3.63) is 88.7 Å². The van der Waals surface area contributed by atoms with Crippen molar-refractivity contribution in [3.8, 4) is 17.2 Å². The average Bonchev–Trinajstić information content (AvgIpc) is 3.61. The number of hydrogen-bond donors (Lipinski definition) is 0. The maximum Gasteiger partial charge on any atom is 0.410 e. The molecule has 2 atom stereocenters. The number of carbonyl (C=O) groups excluding carboxylic acids is 1. The summed E-state index contributed by atoms with van der Waals surface area (Å²) in [7, 11) is -1.85. The van der Waals surface area contributed by atoms with Gasteiger partial charge in [0.2, 0.25) is 5.13 Å². The number of piperidine rings is 1. The van der Waals surface area contributed by atoms with E-state index in [4.69, 9.17) is 30.5 Å². The standard InChI is InChI=1S/C34H37ClF2N4O7S2/c1-34(2,3)48-33(42)40-13-12-26(21-6-9-24(35)10-7-21)23(17-40)19-47-30-15-28(37)31(16-27(30)36)50(43,44)41(32-38-20-39-49-32)18-22-8-11-25(45-4)14-29(22)46-5/h6-11,14-16,20,23,26H,12-13,17-19H2,1-5H3/t23-,26?/m1/s1. The van der Waals surface area contributed by atoms with E-state index in [-0.39, 0.29) is 36.7 Å². The molecule has 50 heavy (non-hydrogen) atoms. The third-order valence-corrected chi connectivity index (χ3v) is 10.9. The summed E-state index contributed by atoms with van der Waals surface area (Å²) < 4.78 is 86.2. The molecule has 1 aliphatic heterocycles. The summed E-state index contributed by atoms with van der Waals surface area (Å²) in [6.45, 7) is 5.53. The molecule has 16 heteroatoms. The molecule has 2 heterocycles. The number of hydrogen-bond acceptors (Lipinski definition) is 10. The molecule has 1 aromatic heterocycles. The van der Waals surface area contributed by atoms with Crippen LogP contribution in [-0.4, -0.2) is 68.3 Å². The Hall–Kier alpha value is -4.21. The van der Waals surface area contributed by atoms with Crippen LogP contribution in [0.2, 0.25) is 5.02 Å². The molecule has 0 radical (unpaired) electrons. The van der Waals surface area contributed by atoms with Crippen LogP contribution in [0.5, 0.6) is 17.2 Å². The topological polar surface area (TPSA) is 120 Å². The molecule has 5 rings (SSSR count). The SMILES string of the molecule is COc1ccc(CN(c2ncns2)S(=O)(=O)c2cc(F)c(OC[C@H]3CN(C(=O)OC(C)(C)C)CCC3c3ccc(Cl)cc3)cc2F)c(OC)c1. The van der Waals surface area contributed by atoms with E-state index >= 15 is 8.78 Å². The second-order valence-corrected chi connectivity index (χ2v) is 15.6. The lowest BCUT2D eigenvalue weighted by atomic mass is 9.81. The molecular weight excluding hydrogens is 714 g/mol. The van der Waals surface area contributed by atoms with Crippen LogP contribution in [-0.2, 0) is 21.3 Å². The van der Waals surface area contributed by atoms with Crippen molar-refractivity contribution in [2.24, 2.45) is 5.92 Å². The van der Waals surface area contributed by atoms with Gasteiger partial charge in [-0.2, -0.15) is 4.37 Å². The summed E-state index contributed by atoms with van der Waals surface area (Å²) in [5.74, 6) is -2.47. The minimum absolute atomic E-state index is 0.0666. The van der Waals surface area contributed by atoms with Crippen molar-refractivity contribution in [1.82, 2.24) is 14.3 Å². The van der Waals surface area contributed by atoms with Gasteiger partial charge < -0.3 is 23.8 Å². The Bertz CT molecular complexity index is 1910. The molecule has 268 valence electrons. The first-order valence-electron chi connectivity index (χ1n) is 15.6. The van der Waals surface area contributed by atoms with Crippen LogP contribution < -0.4 is 18.5 Å². The Morgan fingerprint density at radius 3 is 2.42 bits per heavy atom. The van der Waals surface area contributed by atoms with E-state index in [0.717, 1.165) is 27.7 Å². The maximum absolute atomic E-state index is 15.8. The van der Waals surface area contributed by atoms with Crippen LogP contribution in [0, 0.1) is 17.6 Å². The number of halogens is 3. The largest absolute Gasteiger partial charge is 0.497 e. The van der Waals surface area contributed by atoms with Crippen LogP contribution in [0.15, 0.2) is 65.8 Å². The number of benzene rings is 3. The molecule has 0 aliphatic carbocycles. The third-order valence-electron chi connectivity index (χ3n) is 8.06. The minimum atomic E-state index is -4.73. The number of likely N-dealkylation sites (tertiary alicyclic amines) is 1. The zero-order chi connectivity index (χ0) is 36.2. The quantitative estimate of drug-likeness (QED) is 0.156. The summed E-state index contributed by atoms with van der Waals surface area (Å²) in [5.41, 5.74) is 0.659. The molecule has 0 bridgehead atoms. The van der Waals surface area contributed by atoms with Crippen molar-refractivity contribution in [1.29, 1.82) is 0 Å². The molecule has 1 fully saturated rings. The van der Waals surface area contributed by atoms with Crippen molar-refractivity contribution in [2.45, 2.75) is 50.2 Å². The van der Waals surface area contributed by atoms with Gasteiger partial charge in [-0.1, -0.05) is 23.7 Å². The predicted octanol–water partition coefficient (Wildman–Crippen LogP) is 7.30. The van der Waals surface area contributed by atoms with Gasteiger partial charge in [-0.15, -0.1) is 0 Å². The van der Waals surface area contributed by atoms with E-state index in [9.17, 15) is 13.2 Å². The zero-order valence-corrected chi connectivity index (χ0v) is 30.4. The number of carbonyl (C=O) groups is 1. The number of rotatable bonds is 11. The van der Waals surface area contributed by atoms with Crippen LogP contribution >= 0.6 is 23.1 Å². The molecule has 0 spiro atoms. The van der Waals surface area contributed by atoms with Gasteiger partial charge in [0.1, 0.15) is 34.1 Å². The van der Waals surface area contributed by atoms with E-state index in [1.807, 2.05) is 12.1 Å². The zero-order valence-electron chi connectivity index (χ0n) is 28.1. The molecule has 1 saturated heterocycles. The molecule has 1 aliphatic rings. The molecule has 0 saturated carbocycles. The van der Waals surface area contributed by atoms with E-state index in [0.29, 0.717) is 47.2 Å². The molecule has 1 unspecified atom stereocenters. The van der Waals surface area contributed by atoms with Crippen LogP contribution in [0.1, 0.15) is 44.2 Å². The minimum Gasteiger partial charge on any atom is -0.497 e. The van der Waals surface area contributed by atoms with Crippen molar-refractivity contribution >= 4 is 44.4 Å². The van der Waals surface area contributed by atoms with Crippen LogP contribution in [0.3, 0.4) is 0 Å². The van der Waals surface area contributed by atoms with E-state index in [2.05, 4.69) is 9.36 Å². The Morgan fingerprint density at radius 2 is 1.78 bits per heavy atom. The Morgan fingerprint density at radius 1 is 1.04 bits per heavy atom. The van der Waals surface area contributed by atoms with E-state index < -0.39 is 44.0 Å². The fraction of sp³-hybridized carbons (Fsp3) is 0.382. The van der Waals surface area contributed by atoms with Gasteiger partial charge in [0.25, 0.3) is 10.0 Å². The number of sulfonamides is 1. The average molecular weight is 751 g/mol. The van der Waals surface area contributed by atoms with Crippen molar-refractivity contribution < 1.29 is 40.9 Å². The number of aromatic nitrogens is 2. The summed E-state index contributed by atoms with van der Waals surface area (Å²) in [4.78, 5) is 17.6. The number of anilines is 1. The van der Waals surface area contributed by atoms with Crippen LogP contribution in [0.25, 0.3) is 0 Å². The number of ether oxygens (including phenoxy) is 4. The number of nitrogens with zero attached hydrogens (tertiary/aromatic N) is 4. The first-order valence-corrected chi connectivity index (χ1v) is 18.1. The molecular formula is C34H37ClF2N4O7S2. The second kappa shape index (κ2) is 15.4. The normalized spacial score (nSPS) is 16.5. The fourth-order valence-corrected chi connectivity index (χ4v) is 7.96. The lowest BCUT2D eigenvalue weighted by Gasteiger charge is -2.39. The number of methoxy groups -OCH3 is 2. The van der Waals surface area contributed by atoms with Gasteiger partial charge in [0, 0.05) is 59.3 Å². The number of amides is 1. The van der Waals surface area contributed by atoms with E-state index in [1.165, 1.54) is 14.2 Å². The first-order chi connectivity index (χ1) is 23.7. The highest BCUT2D eigenvalue weighted by Crippen LogP contribution is 2.37. The first kappa shape index (κ1) is 37.1. The fourth-order valence-electron chi connectivity index (χ4n) is 5.65. The maximum atomic E-state index is 15.8. The van der Waals surface area contributed by atoms with Crippen molar-refractivity contribution in [3.63, 3.8) is 0 Å².